The predicted octanol–water partition coefficient (Wildman–Crippen LogP) is 3.83. The summed E-state index contributed by atoms with van der Waals surface area (Å²) in [7, 11) is 0. The topological polar surface area (TPSA) is 81.2 Å². The van der Waals surface area contributed by atoms with Gasteiger partial charge in [-0.2, -0.15) is 0 Å². The van der Waals surface area contributed by atoms with Crippen LogP contribution in [0.1, 0.15) is 52.0 Å². The van der Waals surface area contributed by atoms with Gasteiger partial charge in [-0.3, -0.25) is 14.6 Å². The summed E-state index contributed by atoms with van der Waals surface area (Å²) in [5.74, 6) is 0.161. The van der Waals surface area contributed by atoms with Crippen molar-refractivity contribution in [3.8, 4) is 5.88 Å². The SMILES string of the molecule is O=C(NC1CCC(Oc2cnccn2)CC1)c1ccccc1C(=O)c1ccccc1. The molecule has 0 radical (unpaired) electrons. The smallest absolute Gasteiger partial charge is 0.252 e. The maximum absolute atomic E-state index is 12.9. The Balaban J connectivity index is 1.38. The lowest BCUT2D eigenvalue weighted by atomic mass is 9.92. The number of rotatable bonds is 6. The molecule has 1 aromatic heterocycles. The Morgan fingerprint density at radius 1 is 0.867 bits per heavy atom. The Kier molecular flexibility index (Phi) is 6.13. The zero-order chi connectivity index (χ0) is 20.8. The van der Waals surface area contributed by atoms with Crippen LogP contribution in [0.5, 0.6) is 5.88 Å². The largest absolute Gasteiger partial charge is 0.473 e. The first-order valence-electron chi connectivity index (χ1n) is 10.1. The molecular formula is C24H23N3O3. The third-order valence-corrected chi connectivity index (χ3v) is 5.29. The van der Waals surface area contributed by atoms with Crippen LogP contribution in [0.3, 0.4) is 0 Å². The number of carbonyl (C=O) groups excluding carboxylic acids is 2. The van der Waals surface area contributed by atoms with Gasteiger partial charge in [0.05, 0.1) is 11.8 Å². The van der Waals surface area contributed by atoms with Crippen LogP contribution < -0.4 is 10.1 Å². The highest BCUT2D eigenvalue weighted by Gasteiger charge is 2.25. The minimum atomic E-state index is -0.215. The fraction of sp³-hybridized carbons (Fsp3) is 0.250. The number of ketones is 1. The Hall–Kier alpha value is -3.54. The molecule has 1 saturated carbocycles. The van der Waals surface area contributed by atoms with Gasteiger partial charge >= 0.3 is 0 Å². The lowest BCUT2D eigenvalue weighted by Gasteiger charge is -2.29. The van der Waals surface area contributed by atoms with E-state index in [1.54, 1.807) is 55.0 Å². The summed E-state index contributed by atoms with van der Waals surface area (Å²) < 4.78 is 5.86. The Morgan fingerprint density at radius 3 is 2.27 bits per heavy atom. The fourth-order valence-corrected chi connectivity index (χ4v) is 3.73. The van der Waals surface area contributed by atoms with E-state index in [4.69, 9.17) is 4.74 Å². The van der Waals surface area contributed by atoms with Crippen LogP contribution >= 0.6 is 0 Å². The van der Waals surface area contributed by atoms with Crippen LogP contribution in [0.4, 0.5) is 0 Å². The summed E-state index contributed by atoms with van der Waals surface area (Å²) in [4.78, 5) is 34.0. The second-order valence-corrected chi connectivity index (χ2v) is 7.35. The minimum absolute atomic E-state index is 0.0547. The number of carbonyl (C=O) groups is 2. The number of benzene rings is 2. The number of hydrogen-bond donors (Lipinski definition) is 1. The molecule has 4 rings (SSSR count). The predicted molar refractivity (Wildman–Crippen MR) is 112 cm³/mol. The Morgan fingerprint density at radius 2 is 1.57 bits per heavy atom. The van der Waals surface area contributed by atoms with Crippen molar-refractivity contribution in [2.45, 2.75) is 37.8 Å². The van der Waals surface area contributed by atoms with Gasteiger partial charge in [0, 0.05) is 29.6 Å². The molecule has 3 aromatic rings. The van der Waals surface area contributed by atoms with E-state index < -0.39 is 0 Å². The molecule has 6 nitrogen and oxygen atoms in total. The van der Waals surface area contributed by atoms with Gasteiger partial charge in [0.15, 0.2) is 5.78 Å². The zero-order valence-corrected chi connectivity index (χ0v) is 16.5. The number of ether oxygens (including phenoxy) is 1. The fourth-order valence-electron chi connectivity index (χ4n) is 3.73. The van der Waals surface area contributed by atoms with Gasteiger partial charge in [-0.15, -0.1) is 0 Å². The summed E-state index contributed by atoms with van der Waals surface area (Å²) in [5.41, 5.74) is 1.39. The van der Waals surface area contributed by atoms with Crippen molar-refractivity contribution in [1.82, 2.24) is 15.3 Å². The molecule has 152 valence electrons. The molecule has 6 heteroatoms. The molecule has 1 aliphatic carbocycles. The summed E-state index contributed by atoms with van der Waals surface area (Å²) >= 11 is 0. The second kappa shape index (κ2) is 9.31. The molecule has 0 unspecified atom stereocenters. The Labute approximate surface area is 175 Å². The molecule has 1 amide bonds. The first-order chi connectivity index (χ1) is 14.7. The van der Waals surface area contributed by atoms with Crippen LogP contribution in [0.2, 0.25) is 0 Å². The van der Waals surface area contributed by atoms with Crippen molar-refractivity contribution < 1.29 is 14.3 Å². The summed E-state index contributed by atoms with van der Waals surface area (Å²) in [6, 6.07) is 16.0. The molecule has 1 heterocycles. The molecule has 1 fully saturated rings. The summed E-state index contributed by atoms with van der Waals surface area (Å²) in [5, 5.41) is 3.09. The number of aromatic nitrogens is 2. The van der Waals surface area contributed by atoms with Gasteiger partial charge in [-0.05, 0) is 31.7 Å². The van der Waals surface area contributed by atoms with Crippen molar-refractivity contribution in [3.05, 3.63) is 89.9 Å². The van der Waals surface area contributed by atoms with Crippen molar-refractivity contribution in [2.24, 2.45) is 0 Å². The van der Waals surface area contributed by atoms with E-state index in [0.29, 0.717) is 22.6 Å². The number of hydrogen-bond acceptors (Lipinski definition) is 5. The molecule has 0 spiro atoms. The molecule has 0 atom stereocenters. The number of nitrogens with one attached hydrogen (secondary N) is 1. The van der Waals surface area contributed by atoms with Crippen molar-refractivity contribution >= 4 is 11.7 Å². The van der Waals surface area contributed by atoms with E-state index in [0.717, 1.165) is 25.7 Å². The van der Waals surface area contributed by atoms with Gasteiger partial charge < -0.3 is 10.1 Å². The van der Waals surface area contributed by atoms with Gasteiger partial charge in [-0.25, -0.2) is 4.98 Å². The lowest BCUT2D eigenvalue weighted by molar-refractivity contribution is 0.0883. The van der Waals surface area contributed by atoms with E-state index in [9.17, 15) is 9.59 Å². The highest BCUT2D eigenvalue weighted by molar-refractivity contribution is 6.15. The van der Waals surface area contributed by atoms with Crippen LogP contribution in [-0.2, 0) is 0 Å². The van der Waals surface area contributed by atoms with Crippen LogP contribution in [0.15, 0.2) is 73.2 Å². The average molecular weight is 401 g/mol. The van der Waals surface area contributed by atoms with Gasteiger partial charge in [0.1, 0.15) is 6.10 Å². The van der Waals surface area contributed by atoms with E-state index in [1.807, 2.05) is 18.2 Å². The standard InChI is InChI=1S/C24H23N3O3/c28-23(17-6-2-1-3-7-17)20-8-4-5-9-21(20)24(29)27-18-10-12-19(13-11-18)30-22-16-25-14-15-26-22/h1-9,14-16,18-19H,10-13H2,(H,27,29). The second-order valence-electron chi connectivity index (χ2n) is 7.35. The molecule has 0 bridgehead atoms. The van der Waals surface area contributed by atoms with E-state index in [2.05, 4.69) is 15.3 Å². The molecular weight excluding hydrogens is 378 g/mol. The maximum Gasteiger partial charge on any atom is 0.252 e. The van der Waals surface area contributed by atoms with Gasteiger partial charge in [0.2, 0.25) is 5.88 Å². The molecule has 1 aliphatic rings. The van der Waals surface area contributed by atoms with Crippen LogP contribution in [0.25, 0.3) is 0 Å². The van der Waals surface area contributed by atoms with Crippen molar-refractivity contribution in [2.75, 3.05) is 0 Å². The van der Waals surface area contributed by atoms with E-state index in [1.165, 1.54) is 0 Å². The third kappa shape index (κ3) is 4.71. The molecule has 30 heavy (non-hydrogen) atoms. The zero-order valence-electron chi connectivity index (χ0n) is 16.5. The van der Waals surface area contributed by atoms with Gasteiger partial charge in [0.25, 0.3) is 5.91 Å². The van der Waals surface area contributed by atoms with E-state index in [-0.39, 0.29) is 23.8 Å². The summed E-state index contributed by atoms with van der Waals surface area (Å²) in [6.07, 6.45) is 8.17. The van der Waals surface area contributed by atoms with Crippen LogP contribution in [-0.4, -0.2) is 33.8 Å². The molecule has 0 saturated heterocycles. The van der Waals surface area contributed by atoms with Crippen LogP contribution in [0, 0.1) is 0 Å². The average Bonchev–Trinajstić information content (AvgIpc) is 2.81. The Bertz CT molecular complexity index is 1000. The van der Waals surface area contributed by atoms with Crippen molar-refractivity contribution in [1.29, 1.82) is 0 Å². The van der Waals surface area contributed by atoms with Gasteiger partial charge in [-0.1, -0.05) is 48.5 Å². The normalized spacial score (nSPS) is 18.4. The van der Waals surface area contributed by atoms with E-state index >= 15 is 0 Å². The molecule has 2 aromatic carbocycles. The highest BCUT2D eigenvalue weighted by atomic mass is 16.5. The first-order valence-corrected chi connectivity index (χ1v) is 10.1. The molecule has 0 aliphatic heterocycles. The highest BCUT2D eigenvalue weighted by Crippen LogP contribution is 2.23. The maximum atomic E-state index is 12.9. The number of nitrogens with zero attached hydrogens (tertiary/aromatic N) is 2. The molecule has 1 N–H and O–H groups in total. The van der Waals surface area contributed by atoms with Crippen molar-refractivity contribution in [3.63, 3.8) is 0 Å². The first kappa shape index (κ1) is 19.8. The third-order valence-electron chi connectivity index (χ3n) is 5.29. The number of amides is 1. The quantitative estimate of drug-likeness (QED) is 0.635. The monoisotopic (exact) mass is 401 g/mol. The summed E-state index contributed by atoms with van der Waals surface area (Å²) in [6.45, 7) is 0. The minimum Gasteiger partial charge on any atom is -0.473 e. The lowest BCUT2D eigenvalue weighted by Crippen LogP contribution is -2.40.